The van der Waals surface area contributed by atoms with Gasteiger partial charge in [-0.3, -0.25) is 14.5 Å². The monoisotopic (exact) mass is 447 g/mol. The van der Waals surface area contributed by atoms with E-state index in [0.29, 0.717) is 18.0 Å². The molecule has 2 heterocycles. The summed E-state index contributed by atoms with van der Waals surface area (Å²) >= 11 is 1.40. The first-order valence-corrected chi connectivity index (χ1v) is 11.9. The Morgan fingerprint density at radius 3 is 2.41 bits per heavy atom. The molecule has 2 N–H and O–H groups in total. The lowest BCUT2D eigenvalue weighted by Crippen LogP contribution is -2.22. The summed E-state index contributed by atoms with van der Waals surface area (Å²) < 4.78 is 0. The molecule has 2 amide bonds. The molecule has 32 heavy (non-hydrogen) atoms. The van der Waals surface area contributed by atoms with Gasteiger partial charge in [0.1, 0.15) is 0 Å². The van der Waals surface area contributed by atoms with Gasteiger partial charge in [0.25, 0.3) is 5.91 Å². The molecule has 1 saturated heterocycles. The highest BCUT2D eigenvalue weighted by atomic mass is 32.1. The van der Waals surface area contributed by atoms with Gasteiger partial charge in [-0.25, -0.2) is 0 Å². The fourth-order valence-corrected chi connectivity index (χ4v) is 4.88. The standard InChI is InChI=1S/C26H29N3O2S/c1-19(30)27-17-23-12-13-25(32-23)26(31)28-16-22-6-2-3-7-24(22)21-10-8-20(9-11-21)18-29-14-4-5-15-29/h2-3,6-13H,4-5,14-18H2,1H3,(H,27,30)(H,28,31). The largest absolute Gasteiger partial charge is 0.351 e. The summed E-state index contributed by atoms with van der Waals surface area (Å²) in [4.78, 5) is 27.8. The summed E-state index contributed by atoms with van der Waals surface area (Å²) in [5, 5.41) is 5.80. The summed E-state index contributed by atoms with van der Waals surface area (Å²) in [7, 11) is 0. The molecule has 6 heteroatoms. The van der Waals surface area contributed by atoms with Crippen molar-refractivity contribution in [1.29, 1.82) is 0 Å². The summed E-state index contributed by atoms with van der Waals surface area (Å²) in [6, 6.07) is 20.7. The maximum atomic E-state index is 12.6. The van der Waals surface area contributed by atoms with Crippen LogP contribution in [0.2, 0.25) is 0 Å². The molecule has 3 aromatic rings. The number of hydrogen-bond donors (Lipinski definition) is 2. The lowest BCUT2D eigenvalue weighted by atomic mass is 9.98. The molecule has 166 valence electrons. The molecular weight excluding hydrogens is 418 g/mol. The Morgan fingerprint density at radius 1 is 0.906 bits per heavy atom. The number of nitrogens with one attached hydrogen (secondary N) is 2. The molecule has 0 unspecified atom stereocenters. The first-order chi connectivity index (χ1) is 15.6. The van der Waals surface area contributed by atoms with E-state index in [9.17, 15) is 9.59 Å². The Balaban J connectivity index is 1.39. The lowest BCUT2D eigenvalue weighted by Gasteiger charge is -2.15. The molecular formula is C26H29N3O2S. The van der Waals surface area contributed by atoms with Crippen LogP contribution in [0.4, 0.5) is 0 Å². The van der Waals surface area contributed by atoms with Crippen molar-refractivity contribution in [2.24, 2.45) is 0 Å². The molecule has 0 aliphatic carbocycles. The molecule has 0 atom stereocenters. The van der Waals surface area contributed by atoms with Crippen molar-refractivity contribution in [3.8, 4) is 11.1 Å². The lowest BCUT2D eigenvalue weighted by molar-refractivity contribution is -0.119. The normalized spacial score (nSPS) is 13.8. The van der Waals surface area contributed by atoms with Crippen LogP contribution >= 0.6 is 11.3 Å². The predicted molar refractivity (Wildman–Crippen MR) is 129 cm³/mol. The van der Waals surface area contributed by atoms with Crippen LogP contribution in [0.15, 0.2) is 60.7 Å². The number of carbonyl (C=O) groups excluding carboxylic acids is 2. The van der Waals surface area contributed by atoms with E-state index < -0.39 is 0 Å². The summed E-state index contributed by atoms with van der Waals surface area (Å²) in [5.74, 6) is -0.176. The molecule has 1 aliphatic heterocycles. The van der Waals surface area contributed by atoms with Crippen molar-refractivity contribution >= 4 is 23.2 Å². The quantitative estimate of drug-likeness (QED) is 0.531. The number of carbonyl (C=O) groups is 2. The minimum absolute atomic E-state index is 0.0786. The van der Waals surface area contributed by atoms with Crippen LogP contribution in [0.25, 0.3) is 11.1 Å². The minimum Gasteiger partial charge on any atom is -0.351 e. The third-order valence-electron chi connectivity index (χ3n) is 5.72. The maximum absolute atomic E-state index is 12.6. The van der Waals surface area contributed by atoms with Crippen LogP contribution in [-0.2, 0) is 24.4 Å². The number of likely N-dealkylation sites (tertiary alicyclic amines) is 1. The average molecular weight is 448 g/mol. The van der Waals surface area contributed by atoms with E-state index in [1.165, 1.54) is 49.8 Å². The Bertz CT molecular complexity index is 1070. The number of benzene rings is 2. The van der Waals surface area contributed by atoms with Crippen molar-refractivity contribution < 1.29 is 9.59 Å². The Kier molecular flexibility index (Phi) is 7.35. The van der Waals surface area contributed by atoms with Gasteiger partial charge in [0.05, 0.1) is 11.4 Å². The van der Waals surface area contributed by atoms with Crippen LogP contribution in [0.3, 0.4) is 0 Å². The van der Waals surface area contributed by atoms with Crippen LogP contribution < -0.4 is 10.6 Å². The van der Waals surface area contributed by atoms with E-state index in [2.05, 4.69) is 51.9 Å². The second-order valence-corrected chi connectivity index (χ2v) is 9.36. The third kappa shape index (κ3) is 5.84. The number of nitrogens with zero attached hydrogens (tertiary/aromatic N) is 1. The third-order valence-corrected chi connectivity index (χ3v) is 6.81. The second kappa shape index (κ2) is 10.6. The number of rotatable bonds is 8. The second-order valence-electron chi connectivity index (χ2n) is 8.20. The Hall–Kier alpha value is -2.96. The van der Waals surface area contributed by atoms with E-state index in [4.69, 9.17) is 0 Å². The summed E-state index contributed by atoms with van der Waals surface area (Å²) in [6.07, 6.45) is 2.61. The molecule has 2 aromatic carbocycles. The highest BCUT2D eigenvalue weighted by Gasteiger charge is 2.13. The molecule has 1 aliphatic rings. The van der Waals surface area contributed by atoms with Crippen LogP contribution in [0.5, 0.6) is 0 Å². The fourth-order valence-electron chi connectivity index (χ4n) is 4.01. The van der Waals surface area contributed by atoms with Crippen molar-refractivity contribution in [2.75, 3.05) is 13.1 Å². The molecule has 0 spiro atoms. The molecule has 0 radical (unpaired) electrons. The molecule has 5 nitrogen and oxygen atoms in total. The summed E-state index contributed by atoms with van der Waals surface area (Å²) in [5.41, 5.74) is 4.73. The van der Waals surface area contributed by atoms with Crippen molar-refractivity contribution in [1.82, 2.24) is 15.5 Å². The Morgan fingerprint density at radius 2 is 1.66 bits per heavy atom. The number of thiophene rings is 1. The van der Waals surface area contributed by atoms with Gasteiger partial charge in [0, 0.05) is 24.9 Å². The van der Waals surface area contributed by atoms with Gasteiger partial charge in [-0.1, -0.05) is 48.5 Å². The smallest absolute Gasteiger partial charge is 0.261 e. The van der Waals surface area contributed by atoms with Crippen molar-refractivity contribution in [2.45, 2.75) is 39.4 Å². The van der Waals surface area contributed by atoms with E-state index in [1.54, 1.807) is 0 Å². The van der Waals surface area contributed by atoms with E-state index in [0.717, 1.165) is 28.1 Å². The molecule has 1 fully saturated rings. The first-order valence-electron chi connectivity index (χ1n) is 11.1. The number of amides is 2. The van der Waals surface area contributed by atoms with Crippen LogP contribution in [0, 0.1) is 0 Å². The highest BCUT2D eigenvalue weighted by Crippen LogP contribution is 2.25. The topological polar surface area (TPSA) is 61.4 Å². The van der Waals surface area contributed by atoms with E-state index in [1.807, 2.05) is 24.3 Å². The summed E-state index contributed by atoms with van der Waals surface area (Å²) in [6.45, 7) is 5.81. The highest BCUT2D eigenvalue weighted by molar-refractivity contribution is 7.14. The maximum Gasteiger partial charge on any atom is 0.261 e. The number of hydrogen-bond acceptors (Lipinski definition) is 4. The van der Waals surface area contributed by atoms with Gasteiger partial charge in [0.2, 0.25) is 5.91 Å². The van der Waals surface area contributed by atoms with Gasteiger partial charge in [-0.05, 0) is 60.3 Å². The van der Waals surface area contributed by atoms with Gasteiger partial charge in [-0.2, -0.15) is 0 Å². The van der Waals surface area contributed by atoms with Crippen molar-refractivity contribution in [3.05, 3.63) is 81.5 Å². The molecule has 0 bridgehead atoms. The first kappa shape index (κ1) is 22.2. The van der Waals surface area contributed by atoms with Crippen LogP contribution in [0.1, 0.15) is 45.4 Å². The molecule has 4 rings (SSSR count). The predicted octanol–water partition coefficient (Wildman–Crippen LogP) is 4.58. The van der Waals surface area contributed by atoms with Crippen molar-refractivity contribution in [3.63, 3.8) is 0 Å². The minimum atomic E-state index is -0.0974. The fraction of sp³-hybridized carbons (Fsp3) is 0.308. The van der Waals surface area contributed by atoms with Gasteiger partial charge < -0.3 is 10.6 Å². The zero-order chi connectivity index (χ0) is 22.3. The van der Waals surface area contributed by atoms with Gasteiger partial charge >= 0.3 is 0 Å². The van der Waals surface area contributed by atoms with Gasteiger partial charge in [-0.15, -0.1) is 11.3 Å². The zero-order valence-corrected chi connectivity index (χ0v) is 19.2. The Labute approximate surface area is 193 Å². The molecule has 1 aromatic heterocycles. The average Bonchev–Trinajstić information content (AvgIpc) is 3.49. The van der Waals surface area contributed by atoms with Crippen LogP contribution in [-0.4, -0.2) is 29.8 Å². The molecule has 0 saturated carbocycles. The zero-order valence-electron chi connectivity index (χ0n) is 18.4. The van der Waals surface area contributed by atoms with E-state index >= 15 is 0 Å². The van der Waals surface area contributed by atoms with E-state index in [-0.39, 0.29) is 11.8 Å². The van der Waals surface area contributed by atoms with Gasteiger partial charge in [0.15, 0.2) is 0 Å². The SMILES string of the molecule is CC(=O)NCc1ccc(C(=O)NCc2ccccc2-c2ccc(CN3CCCC3)cc2)s1.